The van der Waals surface area contributed by atoms with Crippen LogP contribution >= 0.6 is 0 Å². The van der Waals surface area contributed by atoms with E-state index in [2.05, 4.69) is 199 Å². The Morgan fingerprint density at radius 2 is 0.895 bits per heavy atom. The molecule has 0 amide bonds. The molecule has 0 aliphatic rings. The predicted octanol–water partition coefficient (Wildman–Crippen LogP) is 14.2. The molecule has 11 aromatic rings. The number of benzene rings is 9. The molecule has 0 aliphatic heterocycles. The van der Waals surface area contributed by atoms with Gasteiger partial charge in [-0.1, -0.05) is 164 Å². The maximum Gasteiger partial charge on any atom is 0.160 e. The third-order valence-electron chi connectivity index (χ3n) is 11.2. The van der Waals surface area contributed by atoms with E-state index in [9.17, 15) is 0 Å². The van der Waals surface area contributed by atoms with E-state index in [1.54, 1.807) is 0 Å². The number of fused-ring (bicyclic) bond motifs is 5. The lowest BCUT2D eigenvalue weighted by molar-refractivity contribution is 1.18. The summed E-state index contributed by atoms with van der Waals surface area (Å²) in [4.78, 5) is 10.4. The standard InChI is InChI=1S/C54H35N3/c1-3-15-37(16-4-1)54-55-50(42-27-26-36-14-7-8-17-38(36)33-42)35-51(56-54)47-30-29-44(45-22-9-10-23-46(45)47)41-19-13-18-39(32-41)40-28-31-53-49(34-40)48-24-11-12-25-52(48)57(53)43-20-5-2-6-21-43/h1-35H. The predicted molar refractivity (Wildman–Crippen MR) is 239 cm³/mol. The minimum Gasteiger partial charge on any atom is -0.309 e. The van der Waals surface area contributed by atoms with E-state index >= 15 is 0 Å². The maximum atomic E-state index is 5.22. The summed E-state index contributed by atoms with van der Waals surface area (Å²) < 4.78 is 2.36. The molecule has 0 aliphatic carbocycles. The molecule has 2 aromatic heterocycles. The van der Waals surface area contributed by atoms with E-state index < -0.39 is 0 Å². The largest absolute Gasteiger partial charge is 0.309 e. The summed E-state index contributed by atoms with van der Waals surface area (Å²) in [6.07, 6.45) is 0. The molecule has 2 heterocycles. The van der Waals surface area contributed by atoms with Crippen LogP contribution in [0.1, 0.15) is 0 Å². The molecule has 3 nitrogen and oxygen atoms in total. The van der Waals surface area contributed by atoms with Gasteiger partial charge < -0.3 is 4.57 Å². The number of hydrogen-bond donors (Lipinski definition) is 0. The zero-order valence-corrected chi connectivity index (χ0v) is 31.0. The van der Waals surface area contributed by atoms with Gasteiger partial charge in [-0.05, 0) is 92.3 Å². The molecule has 0 bridgehead atoms. The highest BCUT2D eigenvalue weighted by Crippen LogP contribution is 2.40. The van der Waals surface area contributed by atoms with E-state index in [1.807, 2.05) is 18.2 Å². The van der Waals surface area contributed by atoms with Gasteiger partial charge in [0.1, 0.15) is 0 Å². The zero-order chi connectivity index (χ0) is 37.7. The van der Waals surface area contributed by atoms with Gasteiger partial charge in [0, 0.05) is 33.2 Å². The molecule has 0 saturated carbocycles. The molecule has 0 spiro atoms. The van der Waals surface area contributed by atoms with Gasteiger partial charge in [0.05, 0.1) is 22.4 Å². The Morgan fingerprint density at radius 3 is 1.74 bits per heavy atom. The van der Waals surface area contributed by atoms with Crippen molar-refractivity contribution in [1.29, 1.82) is 0 Å². The van der Waals surface area contributed by atoms with Crippen molar-refractivity contribution in [1.82, 2.24) is 14.5 Å². The summed E-state index contributed by atoms with van der Waals surface area (Å²) in [5, 5.41) is 7.22. The summed E-state index contributed by atoms with van der Waals surface area (Å²) in [7, 11) is 0. The molecule has 9 aromatic carbocycles. The van der Waals surface area contributed by atoms with Crippen LogP contribution < -0.4 is 0 Å². The van der Waals surface area contributed by atoms with Gasteiger partial charge in [-0.15, -0.1) is 0 Å². The first-order valence-corrected chi connectivity index (χ1v) is 19.4. The molecule has 11 rings (SSSR count). The molecule has 3 heteroatoms. The van der Waals surface area contributed by atoms with E-state index in [-0.39, 0.29) is 0 Å². The van der Waals surface area contributed by atoms with Crippen LogP contribution in [0.15, 0.2) is 212 Å². The van der Waals surface area contributed by atoms with Crippen LogP contribution in [-0.2, 0) is 0 Å². The molecule has 0 unspecified atom stereocenters. The van der Waals surface area contributed by atoms with Gasteiger partial charge in [0.2, 0.25) is 0 Å². The maximum absolute atomic E-state index is 5.22. The SMILES string of the molecule is c1ccc(-c2nc(-c3ccc4ccccc4c3)cc(-c3ccc(-c4cccc(-c5ccc6c(c5)c5ccccc5n6-c5ccccc5)c4)c4ccccc34)n2)cc1. The van der Waals surface area contributed by atoms with Gasteiger partial charge in [0.15, 0.2) is 5.82 Å². The normalized spacial score (nSPS) is 11.5. The van der Waals surface area contributed by atoms with Gasteiger partial charge in [-0.3, -0.25) is 0 Å². The van der Waals surface area contributed by atoms with Crippen LogP contribution in [0.4, 0.5) is 0 Å². The summed E-state index contributed by atoms with van der Waals surface area (Å²) in [5.41, 5.74) is 13.2. The monoisotopic (exact) mass is 725 g/mol. The highest BCUT2D eigenvalue weighted by atomic mass is 15.0. The summed E-state index contributed by atoms with van der Waals surface area (Å²) in [6.45, 7) is 0. The Bertz CT molecular complexity index is 3290. The Labute approximate surface area is 330 Å². The number of aromatic nitrogens is 3. The lowest BCUT2D eigenvalue weighted by atomic mass is 9.91. The first kappa shape index (κ1) is 32.8. The highest BCUT2D eigenvalue weighted by Gasteiger charge is 2.17. The second kappa shape index (κ2) is 13.6. The smallest absolute Gasteiger partial charge is 0.160 e. The van der Waals surface area contributed by atoms with Crippen LogP contribution in [0, 0.1) is 0 Å². The first-order chi connectivity index (χ1) is 28.2. The van der Waals surface area contributed by atoms with Crippen molar-refractivity contribution in [3.63, 3.8) is 0 Å². The second-order valence-electron chi connectivity index (χ2n) is 14.6. The number of nitrogens with zero attached hydrogens (tertiary/aromatic N) is 3. The number of para-hydroxylation sites is 2. The molecule has 0 atom stereocenters. The van der Waals surface area contributed by atoms with Crippen LogP contribution in [-0.4, -0.2) is 14.5 Å². The molecule has 266 valence electrons. The van der Waals surface area contributed by atoms with E-state index in [4.69, 9.17) is 9.97 Å². The zero-order valence-electron chi connectivity index (χ0n) is 31.0. The van der Waals surface area contributed by atoms with Crippen molar-refractivity contribution >= 4 is 43.4 Å². The third-order valence-corrected chi connectivity index (χ3v) is 11.2. The van der Waals surface area contributed by atoms with E-state index in [0.717, 1.165) is 39.2 Å². The van der Waals surface area contributed by atoms with Crippen molar-refractivity contribution in [3.05, 3.63) is 212 Å². The molecule has 0 fully saturated rings. The fourth-order valence-electron chi connectivity index (χ4n) is 8.45. The Morgan fingerprint density at radius 1 is 0.298 bits per heavy atom. The van der Waals surface area contributed by atoms with Crippen molar-refractivity contribution in [3.8, 4) is 61.8 Å². The van der Waals surface area contributed by atoms with Crippen LogP contribution in [0.3, 0.4) is 0 Å². The molecule has 0 saturated heterocycles. The van der Waals surface area contributed by atoms with Crippen LogP contribution in [0.5, 0.6) is 0 Å². The summed E-state index contributed by atoms with van der Waals surface area (Å²) in [5.74, 6) is 0.709. The van der Waals surface area contributed by atoms with Crippen LogP contribution in [0.25, 0.3) is 105 Å². The Balaban J connectivity index is 1.03. The Hall–Kier alpha value is -7.62. The lowest BCUT2D eigenvalue weighted by Crippen LogP contribution is -1.97. The van der Waals surface area contributed by atoms with Crippen LogP contribution in [0.2, 0.25) is 0 Å². The fraction of sp³-hybridized carbons (Fsp3) is 0. The molecular formula is C54H35N3. The topological polar surface area (TPSA) is 30.7 Å². The van der Waals surface area contributed by atoms with Crippen molar-refractivity contribution in [2.75, 3.05) is 0 Å². The van der Waals surface area contributed by atoms with Crippen molar-refractivity contribution in [2.24, 2.45) is 0 Å². The minimum absolute atomic E-state index is 0.709. The van der Waals surface area contributed by atoms with Gasteiger partial charge in [-0.2, -0.15) is 0 Å². The average Bonchev–Trinajstić information content (AvgIpc) is 3.62. The minimum atomic E-state index is 0.709. The summed E-state index contributed by atoms with van der Waals surface area (Å²) >= 11 is 0. The second-order valence-corrected chi connectivity index (χ2v) is 14.6. The third kappa shape index (κ3) is 5.76. The van der Waals surface area contributed by atoms with Gasteiger partial charge >= 0.3 is 0 Å². The lowest BCUT2D eigenvalue weighted by Gasteiger charge is -2.15. The number of hydrogen-bond acceptors (Lipinski definition) is 2. The molecule has 57 heavy (non-hydrogen) atoms. The molecule has 0 N–H and O–H groups in total. The highest BCUT2D eigenvalue weighted by molar-refractivity contribution is 6.11. The average molecular weight is 726 g/mol. The molecular weight excluding hydrogens is 691 g/mol. The molecule has 0 radical (unpaired) electrons. The van der Waals surface area contributed by atoms with Gasteiger partial charge in [0.25, 0.3) is 0 Å². The Kier molecular flexibility index (Phi) is 7.82. The summed E-state index contributed by atoms with van der Waals surface area (Å²) in [6, 6.07) is 75.8. The van der Waals surface area contributed by atoms with Crippen molar-refractivity contribution in [2.45, 2.75) is 0 Å². The van der Waals surface area contributed by atoms with E-state index in [0.29, 0.717) is 5.82 Å². The number of rotatable bonds is 6. The quantitative estimate of drug-likeness (QED) is 0.171. The van der Waals surface area contributed by atoms with Gasteiger partial charge in [-0.25, -0.2) is 9.97 Å². The van der Waals surface area contributed by atoms with Crippen molar-refractivity contribution < 1.29 is 0 Å². The van der Waals surface area contributed by atoms with E-state index in [1.165, 1.54) is 60.2 Å². The first-order valence-electron chi connectivity index (χ1n) is 19.4. The fourth-order valence-corrected chi connectivity index (χ4v) is 8.45.